The van der Waals surface area contributed by atoms with Gasteiger partial charge >= 0.3 is 0 Å². The van der Waals surface area contributed by atoms with Crippen LogP contribution in [0.3, 0.4) is 0 Å². The van der Waals surface area contributed by atoms with Crippen LogP contribution in [0.2, 0.25) is 0 Å². The first-order chi connectivity index (χ1) is 7.79. The zero-order valence-electron chi connectivity index (χ0n) is 10.8. The van der Waals surface area contributed by atoms with Crippen molar-refractivity contribution >= 4 is 17.2 Å². The Labute approximate surface area is 106 Å². The highest BCUT2D eigenvalue weighted by Gasteiger charge is 2.18. The second-order valence-electron chi connectivity index (χ2n) is 5.40. The highest BCUT2D eigenvalue weighted by Crippen LogP contribution is 2.20. The normalized spacial score (nSPS) is 13.5. The van der Waals surface area contributed by atoms with Gasteiger partial charge in [0.15, 0.2) is 0 Å². The van der Waals surface area contributed by atoms with Gasteiger partial charge in [-0.3, -0.25) is 4.79 Å². The van der Waals surface area contributed by atoms with Crippen molar-refractivity contribution in [3.05, 3.63) is 16.1 Å². The van der Waals surface area contributed by atoms with Crippen LogP contribution < -0.4 is 5.32 Å². The van der Waals surface area contributed by atoms with Crippen LogP contribution in [0.25, 0.3) is 0 Å². The standard InChI is InChI=1S/C12H20N2O2S/c1-8-10(17-7-14-8)11(16)13-6-9(15)5-12(2,3)4/h7,9,15H,5-6H2,1-4H3,(H,13,16). The maximum atomic E-state index is 11.7. The number of carbonyl (C=O) groups excluding carboxylic acids is 1. The quantitative estimate of drug-likeness (QED) is 0.866. The first-order valence-electron chi connectivity index (χ1n) is 5.66. The number of aromatic nitrogens is 1. The minimum atomic E-state index is -0.507. The molecule has 5 heteroatoms. The Morgan fingerprint density at radius 2 is 2.24 bits per heavy atom. The molecule has 1 unspecified atom stereocenters. The average molecular weight is 256 g/mol. The van der Waals surface area contributed by atoms with Gasteiger partial charge in [-0.05, 0) is 18.8 Å². The van der Waals surface area contributed by atoms with Gasteiger partial charge in [0.1, 0.15) is 4.88 Å². The molecule has 0 aliphatic rings. The van der Waals surface area contributed by atoms with E-state index in [4.69, 9.17) is 0 Å². The van der Waals surface area contributed by atoms with Crippen LogP contribution in [-0.2, 0) is 0 Å². The van der Waals surface area contributed by atoms with Gasteiger partial charge in [0.05, 0.1) is 17.3 Å². The first-order valence-corrected chi connectivity index (χ1v) is 6.54. The van der Waals surface area contributed by atoms with Crippen LogP contribution in [0, 0.1) is 12.3 Å². The van der Waals surface area contributed by atoms with Crippen LogP contribution in [0.1, 0.15) is 42.6 Å². The largest absolute Gasteiger partial charge is 0.391 e. The van der Waals surface area contributed by atoms with E-state index in [1.165, 1.54) is 11.3 Å². The number of nitrogens with zero attached hydrogens (tertiary/aromatic N) is 1. The molecule has 1 aromatic heterocycles. The summed E-state index contributed by atoms with van der Waals surface area (Å²) in [7, 11) is 0. The van der Waals surface area contributed by atoms with Gasteiger partial charge in [-0.2, -0.15) is 0 Å². The monoisotopic (exact) mass is 256 g/mol. The lowest BCUT2D eigenvalue weighted by molar-refractivity contribution is 0.0871. The topological polar surface area (TPSA) is 62.2 Å². The van der Waals surface area contributed by atoms with Crippen molar-refractivity contribution in [3.8, 4) is 0 Å². The maximum Gasteiger partial charge on any atom is 0.263 e. The molecule has 0 radical (unpaired) electrons. The van der Waals surface area contributed by atoms with Gasteiger partial charge in [-0.1, -0.05) is 20.8 Å². The molecule has 1 amide bonds. The summed E-state index contributed by atoms with van der Waals surface area (Å²) in [5.41, 5.74) is 2.44. The third kappa shape index (κ3) is 4.83. The number of aliphatic hydroxyl groups excluding tert-OH is 1. The van der Waals surface area contributed by atoms with E-state index in [0.717, 1.165) is 5.69 Å². The lowest BCUT2D eigenvalue weighted by Crippen LogP contribution is -2.34. The van der Waals surface area contributed by atoms with Crippen molar-refractivity contribution in [2.24, 2.45) is 5.41 Å². The maximum absolute atomic E-state index is 11.7. The summed E-state index contributed by atoms with van der Waals surface area (Å²) in [4.78, 5) is 16.4. The van der Waals surface area contributed by atoms with E-state index in [1.807, 2.05) is 0 Å². The van der Waals surface area contributed by atoms with E-state index in [9.17, 15) is 9.90 Å². The Bertz CT molecular complexity index is 382. The summed E-state index contributed by atoms with van der Waals surface area (Å²) in [6.07, 6.45) is 0.154. The predicted molar refractivity (Wildman–Crippen MR) is 69.3 cm³/mol. The fourth-order valence-corrected chi connectivity index (χ4v) is 2.31. The summed E-state index contributed by atoms with van der Waals surface area (Å²) in [6.45, 7) is 8.27. The van der Waals surface area contributed by atoms with Crippen molar-refractivity contribution in [1.29, 1.82) is 0 Å². The molecule has 4 nitrogen and oxygen atoms in total. The smallest absolute Gasteiger partial charge is 0.263 e. The van der Waals surface area contributed by atoms with Crippen molar-refractivity contribution in [2.45, 2.75) is 40.2 Å². The van der Waals surface area contributed by atoms with Crippen molar-refractivity contribution in [1.82, 2.24) is 10.3 Å². The van der Waals surface area contributed by atoms with Crippen LogP contribution in [0.5, 0.6) is 0 Å². The Hall–Kier alpha value is -0.940. The van der Waals surface area contributed by atoms with Gasteiger partial charge in [-0.15, -0.1) is 11.3 Å². The number of nitrogens with one attached hydrogen (secondary N) is 1. The van der Waals surface area contributed by atoms with Crippen molar-refractivity contribution in [3.63, 3.8) is 0 Å². The fourth-order valence-electron chi connectivity index (χ4n) is 1.59. The third-order valence-electron chi connectivity index (χ3n) is 2.30. The predicted octanol–water partition coefficient (Wildman–Crippen LogP) is 1.98. The van der Waals surface area contributed by atoms with Gasteiger partial charge in [0, 0.05) is 6.54 Å². The molecule has 17 heavy (non-hydrogen) atoms. The Morgan fingerprint density at radius 3 is 2.71 bits per heavy atom. The number of hydrogen-bond acceptors (Lipinski definition) is 4. The number of rotatable bonds is 4. The molecule has 0 bridgehead atoms. The fraction of sp³-hybridized carbons (Fsp3) is 0.667. The van der Waals surface area contributed by atoms with Crippen LogP contribution in [0.4, 0.5) is 0 Å². The average Bonchev–Trinajstić information content (AvgIpc) is 2.58. The zero-order chi connectivity index (χ0) is 13.1. The Balaban J connectivity index is 2.42. The molecule has 1 heterocycles. The molecule has 0 saturated carbocycles. The van der Waals surface area contributed by atoms with Gasteiger partial charge in [0.25, 0.3) is 5.91 Å². The molecular weight excluding hydrogens is 236 g/mol. The molecule has 0 fully saturated rings. The summed E-state index contributed by atoms with van der Waals surface area (Å²) in [5.74, 6) is -0.155. The molecule has 96 valence electrons. The van der Waals surface area contributed by atoms with Crippen LogP contribution in [0.15, 0.2) is 5.51 Å². The highest BCUT2D eigenvalue weighted by molar-refractivity contribution is 7.11. The van der Waals surface area contributed by atoms with Gasteiger partial charge < -0.3 is 10.4 Å². The van der Waals surface area contributed by atoms with E-state index in [2.05, 4.69) is 31.1 Å². The van der Waals surface area contributed by atoms with E-state index in [0.29, 0.717) is 11.3 Å². The molecule has 1 aromatic rings. The zero-order valence-corrected chi connectivity index (χ0v) is 11.6. The Morgan fingerprint density at radius 1 is 1.59 bits per heavy atom. The Kier molecular flexibility index (Phi) is 4.65. The van der Waals surface area contributed by atoms with E-state index in [-0.39, 0.29) is 17.9 Å². The highest BCUT2D eigenvalue weighted by atomic mass is 32.1. The lowest BCUT2D eigenvalue weighted by Gasteiger charge is -2.22. The van der Waals surface area contributed by atoms with Crippen molar-refractivity contribution in [2.75, 3.05) is 6.54 Å². The molecule has 0 aliphatic carbocycles. The summed E-state index contributed by atoms with van der Waals surface area (Å²) in [5, 5.41) is 12.5. The molecule has 2 N–H and O–H groups in total. The van der Waals surface area contributed by atoms with E-state index < -0.39 is 6.10 Å². The van der Waals surface area contributed by atoms with E-state index in [1.54, 1.807) is 12.4 Å². The van der Waals surface area contributed by atoms with Gasteiger partial charge in [0.2, 0.25) is 0 Å². The minimum absolute atomic E-state index is 0.0601. The first kappa shape index (κ1) is 14.1. The number of aliphatic hydroxyl groups is 1. The van der Waals surface area contributed by atoms with Gasteiger partial charge in [-0.25, -0.2) is 4.98 Å². The second kappa shape index (κ2) is 5.60. The summed E-state index contributed by atoms with van der Waals surface area (Å²) < 4.78 is 0. The molecule has 0 spiro atoms. The lowest BCUT2D eigenvalue weighted by atomic mass is 9.89. The number of hydrogen-bond donors (Lipinski definition) is 2. The SMILES string of the molecule is Cc1ncsc1C(=O)NCC(O)CC(C)(C)C. The van der Waals surface area contributed by atoms with Crippen LogP contribution in [-0.4, -0.2) is 28.6 Å². The number of amides is 1. The number of thiazole rings is 1. The number of aryl methyl sites for hydroxylation is 1. The molecule has 0 aromatic carbocycles. The molecule has 1 rings (SSSR count). The van der Waals surface area contributed by atoms with Crippen molar-refractivity contribution < 1.29 is 9.90 Å². The van der Waals surface area contributed by atoms with E-state index >= 15 is 0 Å². The molecule has 0 aliphatic heterocycles. The second-order valence-corrected chi connectivity index (χ2v) is 6.25. The minimum Gasteiger partial charge on any atom is -0.391 e. The summed E-state index contributed by atoms with van der Waals surface area (Å²) in [6, 6.07) is 0. The van der Waals surface area contributed by atoms with Crippen LogP contribution >= 0.6 is 11.3 Å². The molecule has 0 saturated heterocycles. The molecular formula is C12H20N2O2S. The third-order valence-corrected chi connectivity index (χ3v) is 3.23. The molecule has 1 atom stereocenters. The summed E-state index contributed by atoms with van der Waals surface area (Å²) >= 11 is 1.32. The number of carbonyl (C=O) groups is 1.